The molecule has 1 heterocycles. The minimum Gasteiger partial charge on any atom is -0.452 e. The Morgan fingerprint density at radius 2 is 1.85 bits per heavy atom. The van der Waals surface area contributed by atoms with Crippen molar-refractivity contribution in [2.24, 2.45) is 0 Å². The molecule has 7 nitrogen and oxygen atoms in total. The molecule has 2 amide bonds. The van der Waals surface area contributed by atoms with Crippen LogP contribution in [0.1, 0.15) is 45.3 Å². The summed E-state index contributed by atoms with van der Waals surface area (Å²) in [5.74, 6) is -0.519. The third-order valence-electron chi connectivity index (χ3n) is 4.93. The molecule has 178 valence electrons. The van der Waals surface area contributed by atoms with E-state index in [0.717, 1.165) is 15.6 Å². The number of thioether (sulfide) groups is 1. The fourth-order valence-electron chi connectivity index (χ4n) is 3.22. The van der Waals surface area contributed by atoms with Gasteiger partial charge in [-0.05, 0) is 51.1 Å². The lowest BCUT2D eigenvalue weighted by Crippen LogP contribution is -2.30. The Kier molecular flexibility index (Phi) is 9.24. The molecule has 3 rings (SSSR count). The fourth-order valence-corrected chi connectivity index (χ4v) is 4.87. The number of carbonyl (C=O) groups excluding carboxylic acids is 3. The summed E-state index contributed by atoms with van der Waals surface area (Å²) in [4.78, 5) is 44.5. The lowest BCUT2D eigenvalue weighted by atomic mass is 10.1. The Labute approximate surface area is 207 Å². The zero-order valence-electron chi connectivity index (χ0n) is 19.4. The first-order valence-corrected chi connectivity index (χ1v) is 12.8. The van der Waals surface area contributed by atoms with Crippen molar-refractivity contribution < 1.29 is 19.1 Å². The summed E-state index contributed by atoms with van der Waals surface area (Å²) in [6.45, 7) is 6.55. The monoisotopic (exact) mass is 497 g/mol. The van der Waals surface area contributed by atoms with Crippen LogP contribution >= 0.6 is 23.1 Å². The number of anilines is 1. The Balaban J connectivity index is 1.57. The minimum atomic E-state index is -0.571. The third-order valence-corrected chi connectivity index (χ3v) is 6.86. The van der Waals surface area contributed by atoms with E-state index in [1.54, 1.807) is 52.6 Å². The molecular formula is C25H27N3O4S2. The highest BCUT2D eigenvalue weighted by Crippen LogP contribution is 2.27. The number of aromatic nitrogens is 1. The predicted octanol–water partition coefficient (Wildman–Crippen LogP) is 5.02. The average Bonchev–Trinajstić information content (AvgIpc) is 3.27. The summed E-state index contributed by atoms with van der Waals surface area (Å²) in [5.41, 5.74) is 2.31. The van der Waals surface area contributed by atoms with Gasteiger partial charge in [0, 0.05) is 40.4 Å². The van der Waals surface area contributed by atoms with Crippen molar-refractivity contribution in [3.63, 3.8) is 0 Å². The molecule has 0 unspecified atom stereocenters. The van der Waals surface area contributed by atoms with E-state index in [9.17, 15) is 14.4 Å². The van der Waals surface area contributed by atoms with Crippen molar-refractivity contribution in [3.05, 3.63) is 75.7 Å². The Morgan fingerprint density at radius 3 is 2.56 bits per heavy atom. The number of amides is 2. The van der Waals surface area contributed by atoms with E-state index in [4.69, 9.17) is 4.74 Å². The summed E-state index contributed by atoms with van der Waals surface area (Å²) in [5, 5.41) is 5.68. The second kappa shape index (κ2) is 12.3. The highest BCUT2D eigenvalue weighted by molar-refractivity contribution is 7.98. The molecule has 9 heteroatoms. The van der Waals surface area contributed by atoms with Crippen LogP contribution in [0, 0.1) is 6.92 Å². The van der Waals surface area contributed by atoms with E-state index in [1.165, 1.54) is 11.8 Å². The Hall–Kier alpha value is -3.17. The van der Waals surface area contributed by atoms with Gasteiger partial charge >= 0.3 is 5.97 Å². The van der Waals surface area contributed by atoms with Crippen LogP contribution < -0.4 is 5.32 Å². The molecule has 0 fully saturated rings. The maximum Gasteiger partial charge on any atom is 0.339 e. The number of nitrogens with one attached hydrogen (secondary N) is 1. The molecule has 0 saturated heterocycles. The maximum atomic E-state index is 12.6. The number of esters is 1. The van der Waals surface area contributed by atoms with E-state index < -0.39 is 18.5 Å². The van der Waals surface area contributed by atoms with Crippen LogP contribution in [-0.2, 0) is 15.3 Å². The standard InChI is InChI=1S/C25H27N3O4S2/c1-4-28(5-2)24(30)18-9-8-10-19(13-18)27-23(29)14-32-25(31)21-11-6-7-12-22(21)34-16-20-15-33-17(3)26-20/h6-13,15H,4-5,14,16H2,1-3H3,(H,27,29). The summed E-state index contributed by atoms with van der Waals surface area (Å²) < 4.78 is 5.26. The molecule has 2 aromatic carbocycles. The van der Waals surface area contributed by atoms with Crippen molar-refractivity contribution in [1.82, 2.24) is 9.88 Å². The first-order valence-electron chi connectivity index (χ1n) is 10.9. The maximum absolute atomic E-state index is 12.6. The van der Waals surface area contributed by atoms with Gasteiger partial charge in [0.15, 0.2) is 6.61 Å². The molecule has 1 aromatic heterocycles. The first kappa shape index (κ1) is 25.5. The van der Waals surface area contributed by atoms with Crippen LogP contribution in [0.15, 0.2) is 58.8 Å². The zero-order valence-corrected chi connectivity index (χ0v) is 21.0. The molecule has 3 aromatic rings. The number of thiazole rings is 1. The molecule has 1 N–H and O–H groups in total. The van der Waals surface area contributed by atoms with Gasteiger partial charge in [-0.2, -0.15) is 0 Å². The number of aryl methyl sites for hydroxylation is 1. The largest absolute Gasteiger partial charge is 0.452 e. The average molecular weight is 498 g/mol. The SMILES string of the molecule is CCN(CC)C(=O)c1cccc(NC(=O)COC(=O)c2ccccc2SCc2csc(C)n2)c1. The molecule has 0 bridgehead atoms. The Morgan fingerprint density at radius 1 is 1.09 bits per heavy atom. The molecular weight excluding hydrogens is 470 g/mol. The smallest absolute Gasteiger partial charge is 0.339 e. The minimum absolute atomic E-state index is 0.102. The van der Waals surface area contributed by atoms with Crippen molar-refractivity contribution in [1.29, 1.82) is 0 Å². The van der Waals surface area contributed by atoms with Crippen LogP contribution in [0.4, 0.5) is 5.69 Å². The van der Waals surface area contributed by atoms with E-state index in [0.29, 0.717) is 35.7 Å². The zero-order chi connectivity index (χ0) is 24.5. The van der Waals surface area contributed by atoms with E-state index in [-0.39, 0.29) is 5.91 Å². The van der Waals surface area contributed by atoms with Crippen LogP contribution in [0.5, 0.6) is 0 Å². The van der Waals surface area contributed by atoms with E-state index >= 15 is 0 Å². The molecule has 0 aliphatic carbocycles. The third kappa shape index (κ3) is 6.91. The summed E-state index contributed by atoms with van der Waals surface area (Å²) in [7, 11) is 0. The second-order valence-corrected chi connectivity index (χ2v) is 9.40. The van der Waals surface area contributed by atoms with Gasteiger partial charge in [0.1, 0.15) is 0 Å². The van der Waals surface area contributed by atoms with Gasteiger partial charge in [0.2, 0.25) is 0 Å². The quantitative estimate of drug-likeness (QED) is 0.313. The van der Waals surface area contributed by atoms with E-state index in [2.05, 4.69) is 10.3 Å². The number of hydrogen-bond donors (Lipinski definition) is 1. The van der Waals surface area contributed by atoms with Gasteiger partial charge in [0.05, 0.1) is 16.3 Å². The van der Waals surface area contributed by atoms with E-state index in [1.807, 2.05) is 38.3 Å². The molecule has 0 atom stereocenters. The molecule has 0 saturated carbocycles. The summed E-state index contributed by atoms with van der Waals surface area (Å²) in [6.07, 6.45) is 0. The van der Waals surface area contributed by atoms with Gasteiger partial charge in [-0.1, -0.05) is 18.2 Å². The van der Waals surface area contributed by atoms with Crippen molar-refractivity contribution in [2.75, 3.05) is 25.0 Å². The topological polar surface area (TPSA) is 88.6 Å². The number of benzene rings is 2. The lowest BCUT2D eigenvalue weighted by molar-refractivity contribution is -0.119. The van der Waals surface area contributed by atoms with Gasteiger partial charge in [0.25, 0.3) is 11.8 Å². The fraction of sp³-hybridized carbons (Fsp3) is 0.280. The molecule has 0 aliphatic heterocycles. The van der Waals surface area contributed by atoms with Crippen molar-refractivity contribution in [2.45, 2.75) is 31.4 Å². The molecule has 0 aliphatic rings. The van der Waals surface area contributed by atoms with Crippen LogP contribution in [0.25, 0.3) is 0 Å². The van der Waals surface area contributed by atoms with Gasteiger partial charge < -0.3 is 15.0 Å². The number of carbonyl (C=O) groups is 3. The number of nitrogens with zero attached hydrogens (tertiary/aromatic N) is 2. The highest BCUT2D eigenvalue weighted by Gasteiger charge is 2.16. The normalized spacial score (nSPS) is 10.6. The molecule has 34 heavy (non-hydrogen) atoms. The molecule has 0 spiro atoms. The Bertz CT molecular complexity index is 1160. The lowest BCUT2D eigenvalue weighted by Gasteiger charge is -2.19. The second-order valence-electron chi connectivity index (χ2n) is 7.33. The van der Waals surface area contributed by atoms with Gasteiger partial charge in [-0.15, -0.1) is 23.1 Å². The first-order chi connectivity index (χ1) is 16.4. The predicted molar refractivity (Wildman–Crippen MR) is 135 cm³/mol. The van der Waals surface area contributed by atoms with Crippen molar-refractivity contribution >= 4 is 46.6 Å². The number of rotatable bonds is 10. The van der Waals surface area contributed by atoms with Crippen LogP contribution in [-0.4, -0.2) is 47.4 Å². The van der Waals surface area contributed by atoms with Gasteiger partial charge in [-0.25, -0.2) is 9.78 Å². The summed E-state index contributed by atoms with van der Waals surface area (Å²) >= 11 is 3.08. The van der Waals surface area contributed by atoms with Crippen LogP contribution in [0.2, 0.25) is 0 Å². The highest BCUT2D eigenvalue weighted by atomic mass is 32.2. The van der Waals surface area contributed by atoms with Crippen molar-refractivity contribution in [3.8, 4) is 0 Å². The van der Waals surface area contributed by atoms with Gasteiger partial charge in [-0.3, -0.25) is 9.59 Å². The molecule has 0 radical (unpaired) electrons. The number of ether oxygens (including phenoxy) is 1. The number of hydrogen-bond acceptors (Lipinski definition) is 7. The summed E-state index contributed by atoms with van der Waals surface area (Å²) in [6, 6.07) is 13.8. The van der Waals surface area contributed by atoms with Crippen LogP contribution in [0.3, 0.4) is 0 Å².